The highest BCUT2D eigenvalue weighted by Gasteiger charge is 2.22. The van der Waals surface area contributed by atoms with Crippen molar-refractivity contribution in [2.75, 3.05) is 17.3 Å². The number of unbranched alkanes of at least 4 members (excludes halogenated alkanes) is 1. The average molecular weight is 318 g/mol. The SMILES string of the molecule is CCCCOc1ccc(Nc2ncnc(NN)c2[N+](=O)[O-])cc1. The summed E-state index contributed by atoms with van der Waals surface area (Å²) in [4.78, 5) is 18.2. The third-order valence-electron chi connectivity index (χ3n) is 3.03. The smallest absolute Gasteiger partial charge is 0.354 e. The minimum absolute atomic E-state index is 0.0533. The molecule has 122 valence electrons. The van der Waals surface area contributed by atoms with E-state index in [1.54, 1.807) is 24.3 Å². The molecule has 1 aromatic heterocycles. The minimum atomic E-state index is -0.597. The third-order valence-corrected chi connectivity index (χ3v) is 3.03. The predicted molar refractivity (Wildman–Crippen MR) is 86.6 cm³/mol. The van der Waals surface area contributed by atoms with Gasteiger partial charge in [0.2, 0.25) is 11.6 Å². The number of hydrogen-bond donors (Lipinski definition) is 3. The predicted octanol–water partition coefficient (Wildman–Crippen LogP) is 2.59. The number of nitro groups is 1. The van der Waals surface area contributed by atoms with Gasteiger partial charge < -0.3 is 15.5 Å². The summed E-state index contributed by atoms with van der Waals surface area (Å²) >= 11 is 0. The lowest BCUT2D eigenvalue weighted by Gasteiger charge is -2.09. The molecule has 0 saturated heterocycles. The zero-order valence-corrected chi connectivity index (χ0v) is 12.7. The molecule has 1 aromatic carbocycles. The summed E-state index contributed by atoms with van der Waals surface area (Å²) in [5, 5.41) is 14.0. The van der Waals surface area contributed by atoms with Gasteiger partial charge in [-0.05, 0) is 30.7 Å². The molecular weight excluding hydrogens is 300 g/mol. The van der Waals surface area contributed by atoms with E-state index in [-0.39, 0.29) is 17.3 Å². The molecule has 0 atom stereocenters. The number of nitrogens with zero attached hydrogens (tertiary/aromatic N) is 3. The maximum absolute atomic E-state index is 11.2. The Labute approximate surface area is 133 Å². The minimum Gasteiger partial charge on any atom is -0.494 e. The number of nitrogen functional groups attached to an aromatic ring is 1. The van der Waals surface area contributed by atoms with Gasteiger partial charge in [-0.3, -0.25) is 10.1 Å². The average Bonchev–Trinajstić information content (AvgIpc) is 2.56. The van der Waals surface area contributed by atoms with Gasteiger partial charge in [-0.25, -0.2) is 15.8 Å². The van der Waals surface area contributed by atoms with Crippen LogP contribution in [0.2, 0.25) is 0 Å². The highest BCUT2D eigenvalue weighted by molar-refractivity contribution is 5.73. The topological polar surface area (TPSA) is 128 Å². The molecule has 0 aliphatic heterocycles. The van der Waals surface area contributed by atoms with Crippen LogP contribution in [-0.2, 0) is 0 Å². The first-order valence-corrected chi connectivity index (χ1v) is 7.11. The number of nitrogens with one attached hydrogen (secondary N) is 2. The molecule has 0 fully saturated rings. The quantitative estimate of drug-likeness (QED) is 0.293. The van der Waals surface area contributed by atoms with Crippen LogP contribution in [-0.4, -0.2) is 21.5 Å². The second kappa shape index (κ2) is 7.90. The van der Waals surface area contributed by atoms with E-state index in [0.29, 0.717) is 12.3 Å². The Kier molecular flexibility index (Phi) is 5.64. The Morgan fingerprint density at radius 3 is 2.57 bits per heavy atom. The lowest BCUT2D eigenvalue weighted by Crippen LogP contribution is -2.12. The van der Waals surface area contributed by atoms with Gasteiger partial charge in [0.15, 0.2) is 0 Å². The molecule has 0 saturated carbocycles. The number of anilines is 3. The highest BCUT2D eigenvalue weighted by Crippen LogP contribution is 2.30. The first-order valence-electron chi connectivity index (χ1n) is 7.11. The molecular formula is C14H18N6O3. The molecule has 9 nitrogen and oxygen atoms in total. The summed E-state index contributed by atoms with van der Waals surface area (Å²) in [6.45, 7) is 2.75. The fourth-order valence-electron chi connectivity index (χ4n) is 1.85. The largest absolute Gasteiger partial charge is 0.494 e. The number of hydrogen-bond acceptors (Lipinski definition) is 8. The Balaban J connectivity index is 2.14. The van der Waals surface area contributed by atoms with Crippen molar-refractivity contribution in [1.29, 1.82) is 0 Å². The van der Waals surface area contributed by atoms with Crippen molar-refractivity contribution in [3.8, 4) is 5.75 Å². The molecule has 0 radical (unpaired) electrons. The molecule has 0 aliphatic rings. The van der Waals surface area contributed by atoms with Crippen molar-refractivity contribution >= 4 is 23.0 Å². The van der Waals surface area contributed by atoms with Crippen LogP contribution < -0.4 is 21.3 Å². The van der Waals surface area contributed by atoms with Crippen LogP contribution >= 0.6 is 0 Å². The second-order valence-corrected chi connectivity index (χ2v) is 4.67. The third kappa shape index (κ3) is 4.27. The van der Waals surface area contributed by atoms with Crippen molar-refractivity contribution in [3.63, 3.8) is 0 Å². The number of hydrazine groups is 1. The van der Waals surface area contributed by atoms with Crippen molar-refractivity contribution in [1.82, 2.24) is 9.97 Å². The molecule has 2 aromatic rings. The van der Waals surface area contributed by atoms with Gasteiger partial charge in [0.1, 0.15) is 12.1 Å². The molecule has 4 N–H and O–H groups in total. The summed E-state index contributed by atoms with van der Waals surface area (Å²) in [5.41, 5.74) is 2.50. The van der Waals surface area contributed by atoms with E-state index in [0.717, 1.165) is 18.6 Å². The van der Waals surface area contributed by atoms with Gasteiger partial charge in [0.25, 0.3) is 0 Å². The number of nitrogens with two attached hydrogens (primary N) is 1. The van der Waals surface area contributed by atoms with Gasteiger partial charge in [-0.2, -0.15) is 0 Å². The fourth-order valence-corrected chi connectivity index (χ4v) is 1.85. The van der Waals surface area contributed by atoms with Crippen molar-refractivity contribution in [3.05, 3.63) is 40.7 Å². The van der Waals surface area contributed by atoms with Crippen LogP contribution in [0.25, 0.3) is 0 Å². The molecule has 9 heteroatoms. The maximum Gasteiger partial charge on any atom is 0.354 e. The van der Waals surface area contributed by atoms with Crippen molar-refractivity contribution in [2.24, 2.45) is 5.84 Å². The Bertz CT molecular complexity index is 662. The molecule has 0 bridgehead atoms. The lowest BCUT2D eigenvalue weighted by atomic mass is 10.3. The highest BCUT2D eigenvalue weighted by atomic mass is 16.6. The van der Waals surface area contributed by atoms with Gasteiger partial charge >= 0.3 is 5.69 Å². The first-order chi connectivity index (χ1) is 11.2. The molecule has 2 rings (SSSR count). The zero-order valence-electron chi connectivity index (χ0n) is 12.7. The summed E-state index contributed by atoms with van der Waals surface area (Å²) < 4.78 is 5.56. The monoisotopic (exact) mass is 318 g/mol. The van der Waals surface area contributed by atoms with E-state index in [2.05, 4.69) is 27.6 Å². The summed E-state index contributed by atoms with van der Waals surface area (Å²) in [6.07, 6.45) is 3.24. The van der Waals surface area contributed by atoms with Crippen LogP contribution in [0.15, 0.2) is 30.6 Å². The second-order valence-electron chi connectivity index (χ2n) is 4.67. The van der Waals surface area contributed by atoms with Gasteiger partial charge in [0.05, 0.1) is 11.5 Å². The Morgan fingerprint density at radius 2 is 1.96 bits per heavy atom. The Hall–Kier alpha value is -2.94. The van der Waals surface area contributed by atoms with Crippen LogP contribution in [0.4, 0.5) is 23.0 Å². The number of rotatable bonds is 8. The van der Waals surface area contributed by atoms with Gasteiger partial charge in [-0.15, -0.1) is 0 Å². The first kappa shape index (κ1) is 16.4. The van der Waals surface area contributed by atoms with E-state index in [1.807, 2.05) is 0 Å². The number of ether oxygens (including phenoxy) is 1. The van der Waals surface area contributed by atoms with Crippen LogP contribution in [0.5, 0.6) is 5.75 Å². The molecule has 23 heavy (non-hydrogen) atoms. The Morgan fingerprint density at radius 1 is 1.26 bits per heavy atom. The van der Waals surface area contributed by atoms with E-state index in [9.17, 15) is 10.1 Å². The van der Waals surface area contributed by atoms with Crippen LogP contribution in [0.1, 0.15) is 19.8 Å². The van der Waals surface area contributed by atoms with Gasteiger partial charge in [-0.1, -0.05) is 13.3 Å². The zero-order chi connectivity index (χ0) is 16.7. The lowest BCUT2D eigenvalue weighted by molar-refractivity contribution is -0.383. The molecule has 0 amide bonds. The molecule has 0 unspecified atom stereocenters. The standard InChI is InChI=1S/C14H18N6O3/c1-2-3-8-23-11-6-4-10(5-7-11)18-13-12(20(21)22)14(19-15)17-9-16-13/h4-7,9H,2-3,8,15H2,1H3,(H2,16,17,18,19). The van der Waals surface area contributed by atoms with E-state index < -0.39 is 4.92 Å². The van der Waals surface area contributed by atoms with E-state index >= 15 is 0 Å². The summed E-state index contributed by atoms with van der Waals surface area (Å²) in [7, 11) is 0. The summed E-state index contributed by atoms with van der Waals surface area (Å²) in [5.74, 6) is 5.97. The fraction of sp³-hybridized carbons (Fsp3) is 0.286. The normalized spacial score (nSPS) is 10.2. The number of aromatic nitrogens is 2. The van der Waals surface area contributed by atoms with Crippen LogP contribution in [0.3, 0.4) is 0 Å². The van der Waals surface area contributed by atoms with Crippen molar-refractivity contribution in [2.45, 2.75) is 19.8 Å². The van der Waals surface area contributed by atoms with E-state index in [1.165, 1.54) is 6.33 Å². The number of benzene rings is 1. The molecule has 0 aliphatic carbocycles. The van der Waals surface area contributed by atoms with Crippen molar-refractivity contribution < 1.29 is 9.66 Å². The van der Waals surface area contributed by atoms with E-state index in [4.69, 9.17) is 10.6 Å². The van der Waals surface area contributed by atoms with Crippen LogP contribution in [0, 0.1) is 10.1 Å². The molecule has 1 heterocycles. The maximum atomic E-state index is 11.2. The summed E-state index contributed by atoms with van der Waals surface area (Å²) in [6, 6.07) is 7.07. The van der Waals surface area contributed by atoms with Gasteiger partial charge in [0, 0.05) is 5.69 Å². The molecule has 0 spiro atoms.